The van der Waals surface area contributed by atoms with E-state index < -0.39 is 0 Å². The van der Waals surface area contributed by atoms with Gasteiger partial charge in [0.25, 0.3) is 5.91 Å². The normalized spacial score (nSPS) is 15.6. The standard InChI is InChI=1S/C17H23N5OS/c18-17-21-15(12-24-17)2-1-7-20-14-5-10-22(11-6-14)16(23)13-3-8-19-9-4-13/h3-4,8-9,12,14,20H,1-2,5-7,10-11H2,(H2,18,21). The topological polar surface area (TPSA) is 84.1 Å². The van der Waals surface area contributed by atoms with Crippen LogP contribution in [0, 0.1) is 0 Å². The molecule has 0 aliphatic carbocycles. The average molecular weight is 345 g/mol. The van der Waals surface area contributed by atoms with Crippen molar-refractivity contribution in [2.24, 2.45) is 0 Å². The molecule has 0 unspecified atom stereocenters. The van der Waals surface area contributed by atoms with Gasteiger partial charge in [-0.05, 0) is 44.4 Å². The van der Waals surface area contributed by atoms with E-state index in [0.29, 0.717) is 11.2 Å². The summed E-state index contributed by atoms with van der Waals surface area (Å²) in [6, 6.07) is 4.04. The van der Waals surface area contributed by atoms with Crippen LogP contribution in [0.1, 0.15) is 35.3 Å². The molecule has 2 aromatic rings. The minimum Gasteiger partial charge on any atom is -0.375 e. The first-order valence-electron chi connectivity index (χ1n) is 8.35. The van der Waals surface area contributed by atoms with Gasteiger partial charge in [0, 0.05) is 42.5 Å². The number of carbonyl (C=O) groups excluding carboxylic acids is 1. The molecule has 6 nitrogen and oxygen atoms in total. The third-order valence-corrected chi connectivity index (χ3v) is 5.04. The lowest BCUT2D eigenvalue weighted by molar-refractivity contribution is 0.0705. The number of piperidine rings is 1. The number of nitrogen functional groups attached to an aromatic ring is 1. The summed E-state index contributed by atoms with van der Waals surface area (Å²) in [6.07, 6.45) is 7.34. The van der Waals surface area contributed by atoms with Gasteiger partial charge in [0.1, 0.15) is 0 Å². The number of nitrogens with zero attached hydrogens (tertiary/aromatic N) is 3. The molecule has 0 bridgehead atoms. The highest BCUT2D eigenvalue weighted by Crippen LogP contribution is 2.15. The highest BCUT2D eigenvalue weighted by molar-refractivity contribution is 7.13. The highest BCUT2D eigenvalue weighted by atomic mass is 32.1. The molecule has 1 fully saturated rings. The Morgan fingerprint density at radius 1 is 1.33 bits per heavy atom. The summed E-state index contributed by atoms with van der Waals surface area (Å²) in [5, 5.41) is 6.26. The summed E-state index contributed by atoms with van der Waals surface area (Å²) in [6.45, 7) is 2.59. The monoisotopic (exact) mass is 345 g/mol. The smallest absolute Gasteiger partial charge is 0.253 e. The second kappa shape index (κ2) is 8.21. The third-order valence-electron chi connectivity index (χ3n) is 4.32. The van der Waals surface area contributed by atoms with Crippen LogP contribution < -0.4 is 11.1 Å². The Balaban J connectivity index is 1.35. The SMILES string of the molecule is Nc1nc(CCCNC2CCN(C(=O)c3ccncc3)CC2)cs1. The number of hydrogen-bond donors (Lipinski definition) is 2. The van der Waals surface area contributed by atoms with Gasteiger partial charge in [-0.2, -0.15) is 0 Å². The summed E-state index contributed by atoms with van der Waals surface area (Å²) in [4.78, 5) is 22.6. The van der Waals surface area contributed by atoms with Crippen molar-refractivity contribution in [1.82, 2.24) is 20.2 Å². The van der Waals surface area contributed by atoms with Crippen molar-refractivity contribution in [2.75, 3.05) is 25.4 Å². The molecule has 3 N–H and O–H groups in total. The lowest BCUT2D eigenvalue weighted by Gasteiger charge is -2.32. The van der Waals surface area contributed by atoms with Crippen molar-refractivity contribution in [1.29, 1.82) is 0 Å². The fourth-order valence-corrected chi connectivity index (χ4v) is 3.57. The zero-order valence-corrected chi connectivity index (χ0v) is 14.5. The summed E-state index contributed by atoms with van der Waals surface area (Å²) in [5.74, 6) is 0.108. The number of carbonyl (C=O) groups is 1. The molecule has 0 saturated carbocycles. The molecular weight excluding hydrogens is 322 g/mol. The molecule has 2 aromatic heterocycles. The maximum Gasteiger partial charge on any atom is 0.253 e. The zero-order valence-electron chi connectivity index (χ0n) is 13.6. The van der Waals surface area contributed by atoms with Crippen LogP contribution >= 0.6 is 11.3 Å². The number of aromatic nitrogens is 2. The number of rotatable bonds is 6. The number of aryl methyl sites for hydroxylation is 1. The second-order valence-corrected chi connectivity index (χ2v) is 6.93. The van der Waals surface area contributed by atoms with E-state index in [0.717, 1.165) is 56.6 Å². The number of nitrogens with one attached hydrogen (secondary N) is 1. The van der Waals surface area contributed by atoms with Crippen molar-refractivity contribution in [3.8, 4) is 0 Å². The summed E-state index contributed by atoms with van der Waals surface area (Å²) < 4.78 is 0. The molecule has 1 amide bonds. The number of anilines is 1. The van der Waals surface area contributed by atoms with Crippen LogP contribution in [0.5, 0.6) is 0 Å². The van der Waals surface area contributed by atoms with Gasteiger partial charge < -0.3 is 16.0 Å². The van der Waals surface area contributed by atoms with Crippen LogP contribution in [-0.2, 0) is 6.42 Å². The summed E-state index contributed by atoms with van der Waals surface area (Å²) in [7, 11) is 0. The van der Waals surface area contributed by atoms with Gasteiger partial charge in [0.2, 0.25) is 0 Å². The van der Waals surface area contributed by atoms with Gasteiger partial charge in [0.15, 0.2) is 5.13 Å². The molecule has 1 aliphatic heterocycles. The summed E-state index contributed by atoms with van der Waals surface area (Å²) >= 11 is 1.50. The van der Waals surface area contributed by atoms with E-state index in [2.05, 4.69) is 15.3 Å². The highest BCUT2D eigenvalue weighted by Gasteiger charge is 2.23. The average Bonchev–Trinajstić information content (AvgIpc) is 3.05. The first-order valence-corrected chi connectivity index (χ1v) is 9.23. The number of nitrogens with two attached hydrogens (primary N) is 1. The van der Waals surface area contributed by atoms with Crippen LogP contribution in [-0.4, -0.2) is 46.5 Å². The summed E-state index contributed by atoms with van der Waals surface area (Å²) in [5.41, 5.74) is 7.44. The largest absolute Gasteiger partial charge is 0.375 e. The molecule has 0 atom stereocenters. The third kappa shape index (κ3) is 4.52. The van der Waals surface area contributed by atoms with Crippen molar-refractivity contribution in [2.45, 2.75) is 31.7 Å². The molecule has 7 heteroatoms. The lowest BCUT2D eigenvalue weighted by Crippen LogP contribution is -2.45. The van der Waals surface area contributed by atoms with Crippen LogP contribution in [0.15, 0.2) is 29.9 Å². The molecule has 24 heavy (non-hydrogen) atoms. The molecule has 0 spiro atoms. The van der Waals surface area contributed by atoms with E-state index in [1.807, 2.05) is 10.3 Å². The van der Waals surface area contributed by atoms with E-state index in [1.165, 1.54) is 11.3 Å². The first-order chi connectivity index (χ1) is 11.7. The van der Waals surface area contributed by atoms with Crippen molar-refractivity contribution in [3.63, 3.8) is 0 Å². The number of hydrogen-bond acceptors (Lipinski definition) is 6. The molecule has 3 rings (SSSR count). The van der Waals surface area contributed by atoms with Crippen molar-refractivity contribution in [3.05, 3.63) is 41.2 Å². The molecule has 0 aromatic carbocycles. The van der Waals surface area contributed by atoms with Crippen molar-refractivity contribution >= 4 is 22.4 Å². The van der Waals surface area contributed by atoms with Crippen LogP contribution in [0.2, 0.25) is 0 Å². The van der Waals surface area contributed by atoms with Gasteiger partial charge >= 0.3 is 0 Å². The van der Waals surface area contributed by atoms with Gasteiger partial charge in [0.05, 0.1) is 5.69 Å². The zero-order chi connectivity index (χ0) is 16.8. The predicted molar refractivity (Wildman–Crippen MR) is 96.0 cm³/mol. The van der Waals surface area contributed by atoms with Crippen LogP contribution in [0.25, 0.3) is 0 Å². The van der Waals surface area contributed by atoms with E-state index in [1.54, 1.807) is 24.5 Å². The number of amides is 1. The van der Waals surface area contributed by atoms with Gasteiger partial charge in [-0.1, -0.05) is 0 Å². The minimum atomic E-state index is 0.108. The molecule has 3 heterocycles. The minimum absolute atomic E-state index is 0.108. The predicted octanol–water partition coefficient (Wildman–Crippen LogP) is 1.95. The van der Waals surface area contributed by atoms with Crippen molar-refractivity contribution < 1.29 is 4.79 Å². The van der Waals surface area contributed by atoms with Gasteiger partial charge in [-0.25, -0.2) is 4.98 Å². The number of likely N-dealkylation sites (tertiary alicyclic amines) is 1. The Hall–Kier alpha value is -1.99. The van der Waals surface area contributed by atoms with Crippen LogP contribution in [0.4, 0.5) is 5.13 Å². The first kappa shape index (κ1) is 16.9. The number of thiazole rings is 1. The van der Waals surface area contributed by atoms with Gasteiger partial charge in [-0.3, -0.25) is 9.78 Å². The van der Waals surface area contributed by atoms with Crippen LogP contribution in [0.3, 0.4) is 0 Å². The maximum atomic E-state index is 12.4. The number of pyridine rings is 1. The maximum absolute atomic E-state index is 12.4. The second-order valence-electron chi connectivity index (χ2n) is 6.04. The fraction of sp³-hybridized carbons (Fsp3) is 0.471. The Morgan fingerprint density at radius 2 is 2.08 bits per heavy atom. The molecule has 1 aliphatic rings. The lowest BCUT2D eigenvalue weighted by atomic mass is 10.0. The fourth-order valence-electron chi connectivity index (χ4n) is 2.98. The van der Waals surface area contributed by atoms with E-state index in [-0.39, 0.29) is 5.91 Å². The Kier molecular flexibility index (Phi) is 5.77. The van der Waals surface area contributed by atoms with Gasteiger partial charge in [-0.15, -0.1) is 11.3 Å². The Morgan fingerprint density at radius 3 is 2.75 bits per heavy atom. The van der Waals surface area contributed by atoms with E-state index in [4.69, 9.17) is 5.73 Å². The Bertz CT molecular complexity index is 652. The molecule has 128 valence electrons. The quantitative estimate of drug-likeness (QED) is 0.782. The van der Waals surface area contributed by atoms with E-state index >= 15 is 0 Å². The van der Waals surface area contributed by atoms with E-state index in [9.17, 15) is 4.79 Å². The molecule has 0 radical (unpaired) electrons. The molecular formula is C17H23N5OS. The molecule has 1 saturated heterocycles. The Labute approximate surface area is 146 Å².